The summed E-state index contributed by atoms with van der Waals surface area (Å²) in [6.45, 7) is 2.22. The second-order valence-electron chi connectivity index (χ2n) is 6.26. The van der Waals surface area contributed by atoms with Crippen molar-refractivity contribution >= 4 is 10.2 Å². The van der Waals surface area contributed by atoms with Gasteiger partial charge >= 0.3 is 0 Å². The second kappa shape index (κ2) is 8.21. The summed E-state index contributed by atoms with van der Waals surface area (Å²) in [6, 6.07) is 9.93. The molecule has 0 bridgehead atoms. The van der Waals surface area contributed by atoms with Gasteiger partial charge in [-0.3, -0.25) is 0 Å². The molecule has 1 aliphatic rings. The smallest absolute Gasteiger partial charge is 0.279 e. The number of benzene rings is 1. The summed E-state index contributed by atoms with van der Waals surface area (Å²) < 4.78 is 27.4. The first kappa shape index (κ1) is 18.4. The van der Waals surface area contributed by atoms with Gasteiger partial charge in [-0.1, -0.05) is 30.3 Å². The van der Waals surface area contributed by atoms with Crippen LogP contribution in [0.15, 0.2) is 30.3 Å². The van der Waals surface area contributed by atoms with E-state index in [1.807, 2.05) is 18.2 Å². The van der Waals surface area contributed by atoms with Gasteiger partial charge in [0.15, 0.2) is 0 Å². The fourth-order valence-electron chi connectivity index (χ4n) is 2.79. The third-order valence-electron chi connectivity index (χ3n) is 4.23. The average Bonchev–Trinajstić information content (AvgIpc) is 2.51. The molecular weight excluding hydrogens is 314 g/mol. The largest absolute Gasteiger partial charge is 0.390 e. The standard InChI is InChI=1S/C16H27N3O3S/c1-18(2)23(21,22)17-15-10-12-19(13-16(15)20)11-6-9-14-7-4-3-5-8-14/h3-5,7-8,15-17,20H,6,9-13H2,1-2H3/t15-,16-/m1/s1. The molecule has 0 amide bonds. The zero-order valence-corrected chi connectivity index (χ0v) is 14.7. The van der Waals surface area contributed by atoms with E-state index in [0.29, 0.717) is 13.0 Å². The molecule has 2 rings (SSSR count). The molecule has 130 valence electrons. The van der Waals surface area contributed by atoms with Crippen molar-refractivity contribution in [2.45, 2.75) is 31.4 Å². The molecule has 0 unspecified atom stereocenters. The van der Waals surface area contributed by atoms with E-state index in [2.05, 4.69) is 21.8 Å². The predicted octanol–water partition coefficient (Wildman–Crippen LogP) is 0.450. The number of likely N-dealkylation sites (tertiary alicyclic amines) is 1. The maximum Gasteiger partial charge on any atom is 0.279 e. The van der Waals surface area contributed by atoms with Crippen LogP contribution < -0.4 is 4.72 Å². The highest BCUT2D eigenvalue weighted by Gasteiger charge is 2.31. The van der Waals surface area contributed by atoms with Crippen molar-refractivity contribution in [3.63, 3.8) is 0 Å². The quantitative estimate of drug-likeness (QED) is 0.755. The van der Waals surface area contributed by atoms with Crippen LogP contribution in [0.1, 0.15) is 18.4 Å². The summed E-state index contributed by atoms with van der Waals surface area (Å²) in [6.07, 6.45) is 2.00. The molecule has 1 aromatic carbocycles. The zero-order chi connectivity index (χ0) is 16.9. The summed E-state index contributed by atoms with van der Waals surface area (Å²) in [5.74, 6) is 0. The third-order valence-corrected chi connectivity index (χ3v) is 5.79. The molecule has 1 saturated heterocycles. The Kier molecular flexibility index (Phi) is 6.55. The van der Waals surface area contributed by atoms with Gasteiger partial charge in [0.05, 0.1) is 12.1 Å². The molecule has 6 nitrogen and oxygen atoms in total. The lowest BCUT2D eigenvalue weighted by Crippen LogP contribution is -2.55. The predicted molar refractivity (Wildman–Crippen MR) is 91.4 cm³/mol. The van der Waals surface area contributed by atoms with Crippen molar-refractivity contribution in [3.05, 3.63) is 35.9 Å². The molecule has 2 N–H and O–H groups in total. The molecule has 7 heteroatoms. The first-order valence-electron chi connectivity index (χ1n) is 8.02. The van der Waals surface area contributed by atoms with E-state index in [-0.39, 0.29) is 0 Å². The van der Waals surface area contributed by atoms with E-state index < -0.39 is 22.4 Å². The SMILES string of the molecule is CN(C)S(=O)(=O)N[C@@H]1CCN(CCCc2ccccc2)C[C@H]1O. The summed E-state index contributed by atoms with van der Waals surface area (Å²) in [5.41, 5.74) is 1.32. The Morgan fingerprint density at radius 1 is 1.30 bits per heavy atom. The van der Waals surface area contributed by atoms with Crippen molar-refractivity contribution in [1.29, 1.82) is 0 Å². The molecule has 0 saturated carbocycles. The van der Waals surface area contributed by atoms with Gasteiger partial charge in [-0.2, -0.15) is 17.4 Å². The van der Waals surface area contributed by atoms with Gasteiger partial charge in [0.25, 0.3) is 10.2 Å². The van der Waals surface area contributed by atoms with Crippen molar-refractivity contribution in [3.8, 4) is 0 Å². The highest BCUT2D eigenvalue weighted by molar-refractivity contribution is 7.87. The number of nitrogens with one attached hydrogen (secondary N) is 1. The van der Waals surface area contributed by atoms with Crippen molar-refractivity contribution in [2.75, 3.05) is 33.7 Å². The minimum Gasteiger partial charge on any atom is -0.390 e. The fourth-order valence-corrected chi connectivity index (χ4v) is 3.65. The molecule has 23 heavy (non-hydrogen) atoms. The van der Waals surface area contributed by atoms with Crippen LogP contribution in [0.3, 0.4) is 0 Å². The van der Waals surface area contributed by atoms with E-state index in [1.54, 1.807) is 0 Å². The van der Waals surface area contributed by atoms with Crippen LogP contribution in [0.25, 0.3) is 0 Å². The zero-order valence-electron chi connectivity index (χ0n) is 13.9. The Morgan fingerprint density at radius 2 is 2.00 bits per heavy atom. The Morgan fingerprint density at radius 3 is 2.61 bits per heavy atom. The van der Waals surface area contributed by atoms with Crippen molar-refractivity contribution < 1.29 is 13.5 Å². The van der Waals surface area contributed by atoms with Gasteiger partial charge in [-0.25, -0.2) is 0 Å². The molecule has 1 fully saturated rings. The summed E-state index contributed by atoms with van der Waals surface area (Å²) in [5, 5.41) is 10.2. The summed E-state index contributed by atoms with van der Waals surface area (Å²) in [7, 11) is -0.537. The Balaban J connectivity index is 1.75. The first-order chi connectivity index (χ1) is 10.9. The number of nitrogens with zero attached hydrogens (tertiary/aromatic N) is 2. The number of aryl methyl sites for hydroxylation is 1. The van der Waals surface area contributed by atoms with Crippen LogP contribution in [0.5, 0.6) is 0 Å². The summed E-state index contributed by atoms with van der Waals surface area (Å²) >= 11 is 0. The molecule has 0 radical (unpaired) electrons. The number of aliphatic hydroxyl groups excluding tert-OH is 1. The van der Waals surface area contributed by atoms with Crippen LogP contribution in [0, 0.1) is 0 Å². The highest BCUT2D eigenvalue weighted by Crippen LogP contribution is 2.14. The molecular formula is C16H27N3O3S. The lowest BCUT2D eigenvalue weighted by Gasteiger charge is -2.36. The van der Waals surface area contributed by atoms with Gasteiger partial charge in [0, 0.05) is 20.6 Å². The second-order valence-corrected chi connectivity index (χ2v) is 8.17. The molecule has 2 atom stereocenters. The fraction of sp³-hybridized carbons (Fsp3) is 0.625. The van der Waals surface area contributed by atoms with E-state index in [9.17, 15) is 13.5 Å². The van der Waals surface area contributed by atoms with Gasteiger partial charge in [0.2, 0.25) is 0 Å². The number of hydrogen-bond acceptors (Lipinski definition) is 4. The number of β-amino-alcohol motifs (C(OH)–C–C–N with tert-alkyl or cyclic N) is 1. The number of rotatable bonds is 7. The van der Waals surface area contributed by atoms with Gasteiger partial charge in [-0.15, -0.1) is 0 Å². The molecule has 1 heterocycles. The van der Waals surface area contributed by atoms with Crippen molar-refractivity contribution in [1.82, 2.24) is 13.9 Å². The van der Waals surface area contributed by atoms with E-state index in [0.717, 1.165) is 30.2 Å². The average molecular weight is 341 g/mol. The number of hydrogen-bond donors (Lipinski definition) is 2. The number of aliphatic hydroxyl groups is 1. The highest BCUT2D eigenvalue weighted by atomic mass is 32.2. The van der Waals surface area contributed by atoms with E-state index in [4.69, 9.17) is 0 Å². The topological polar surface area (TPSA) is 72.9 Å². The molecule has 1 aromatic rings. The molecule has 1 aliphatic heterocycles. The van der Waals surface area contributed by atoms with Crippen LogP contribution >= 0.6 is 0 Å². The van der Waals surface area contributed by atoms with Crippen LogP contribution in [0.2, 0.25) is 0 Å². The Labute approximate surface area is 139 Å². The maximum absolute atomic E-state index is 11.8. The van der Waals surface area contributed by atoms with E-state index in [1.165, 1.54) is 19.7 Å². The van der Waals surface area contributed by atoms with Crippen LogP contribution in [-0.4, -0.2) is 68.6 Å². The normalized spacial score (nSPS) is 23.3. The number of piperidine rings is 1. The van der Waals surface area contributed by atoms with E-state index >= 15 is 0 Å². The third kappa shape index (κ3) is 5.54. The first-order valence-corrected chi connectivity index (χ1v) is 9.46. The van der Waals surface area contributed by atoms with Gasteiger partial charge < -0.3 is 10.0 Å². The van der Waals surface area contributed by atoms with Crippen molar-refractivity contribution in [2.24, 2.45) is 0 Å². The monoisotopic (exact) mass is 341 g/mol. The lowest BCUT2D eigenvalue weighted by atomic mass is 10.0. The lowest BCUT2D eigenvalue weighted by molar-refractivity contribution is 0.0473. The molecule has 0 aromatic heterocycles. The van der Waals surface area contributed by atoms with Crippen LogP contribution in [-0.2, 0) is 16.6 Å². The Hall–Kier alpha value is -0.990. The minimum absolute atomic E-state index is 0.409. The summed E-state index contributed by atoms with van der Waals surface area (Å²) in [4.78, 5) is 2.20. The van der Waals surface area contributed by atoms with Gasteiger partial charge in [-0.05, 0) is 37.9 Å². The molecule has 0 spiro atoms. The Bertz CT molecular complexity index is 577. The maximum atomic E-state index is 11.8. The minimum atomic E-state index is -3.50. The molecule has 0 aliphatic carbocycles. The van der Waals surface area contributed by atoms with Crippen LogP contribution in [0.4, 0.5) is 0 Å². The van der Waals surface area contributed by atoms with Gasteiger partial charge in [0.1, 0.15) is 0 Å².